The number of nitrogens with one attached hydrogen (secondary N) is 15. The van der Waals surface area contributed by atoms with E-state index in [1.165, 1.54) is 75.3 Å². The van der Waals surface area contributed by atoms with Crippen LogP contribution in [-0.2, 0) is 0 Å². The van der Waals surface area contributed by atoms with Crippen molar-refractivity contribution in [1.29, 1.82) is 0 Å². The van der Waals surface area contributed by atoms with E-state index in [2.05, 4.69) is 153 Å². The van der Waals surface area contributed by atoms with Gasteiger partial charge in [0.15, 0.2) is 34.9 Å². The van der Waals surface area contributed by atoms with Crippen LogP contribution in [0.3, 0.4) is 0 Å². The Balaban J connectivity index is 0.000000210. The first-order valence-electron chi connectivity index (χ1n) is 44.9. The molecular weight excluding hydrogens is 1960 g/mol. The summed E-state index contributed by atoms with van der Waals surface area (Å²) in [6.07, 6.45) is 28.0. The lowest BCUT2D eigenvalue weighted by atomic mass is 10.2. The van der Waals surface area contributed by atoms with Gasteiger partial charge in [0, 0.05) is 54.9 Å². The maximum atomic E-state index is 12.3. The summed E-state index contributed by atoms with van der Waals surface area (Å²) in [7, 11) is 7.11. The van der Waals surface area contributed by atoms with Crippen molar-refractivity contribution < 1.29 is 61.9 Å². The number of aromatic nitrogens is 12. The van der Waals surface area contributed by atoms with Gasteiger partial charge in [-0.3, -0.25) is 61.8 Å². The number of halogens is 6. The van der Waals surface area contributed by atoms with Crippen molar-refractivity contribution in [2.24, 2.45) is 0 Å². The monoisotopic (exact) mass is 2070 g/mol. The van der Waals surface area contributed by atoms with E-state index in [0.29, 0.717) is 179 Å². The standard InChI is InChI=1S/C19H19ClN4O2.C17H21ClN4O2.C16H20ClN5O3.C16H20ClN5O2.C15H18ClN5O2.C14H15ClN4O2/c1-2-3-10-26-17-9-8-13(20)11-16(17)23-19(25)24-18-12-21-14-6-4-5-7-15(14)22-18;1-3-4-5-8-24-15-7-6-13(18)9-14(15)21-17(23)22-16-11-19-12(2)10-20-16;1-18-6-3-7-25-13-5-4-11(17)8-12(13)20-16(23)22-14-9-19-10-15(21-14)24-2;1-11-9-20-15(10-19-11)22-16(23)21-13-8-12(17)4-5-14(13)24-7-3-6-18-2;1-17-5-2-8-23-13-4-3-11(16)9-12(13)20-15(22)21-14-10-18-6-7-19-14;1-2-7-21-12-4-3-10(15)8-11(12)18-14(20)19-13-9-16-5-6-17-13/h4-9,11-12H,2-3,10H2,1H3,(H2,22,23,24,25);6-7,9-11H,3-5,8H2,1-2H3,(H2,20,21,22,23);4-5,8-10,18H,3,6-7H2,1-2H3,(H2,20,21,22,23);4-5,8-10,18H,3,6-7H2,1-2H3,(H2,20,21,22,23);3-4,6-7,9-10,17H,2,5,8H2,1H3,(H2,19,20,21,22);3-6,8-9H,2,7H2,1H3,(H2,17,18,19,20). The number of para-hydroxylation sites is 2. The smallest absolute Gasteiger partial charge is 0.325 e. The average molecular weight is 2080 g/mol. The highest BCUT2D eigenvalue weighted by molar-refractivity contribution is 6.33. The van der Waals surface area contributed by atoms with E-state index in [1.807, 2.05) is 66.2 Å². The predicted octanol–water partition coefficient (Wildman–Crippen LogP) is 21.9. The van der Waals surface area contributed by atoms with E-state index >= 15 is 0 Å². The number of ether oxygens (including phenoxy) is 7. The Morgan fingerprint density at radius 2 is 0.580 bits per heavy atom. The number of carbonyl (C=O) groups is 6. The van der Waals surface area contributed by atoms with Gasteiger partial charge in [0.25, 0.3) is 0 Å². The number of rotatable bonds is 40. The highest BCUT2D eigenvalue weighted by Gasteiger charge is 2.19. The zero-order valence-electron chi connectivity index (χ0n) is 79.9. The molecule has 6 heterocycles. The van der Waals surface area contributed by atoms with Gasteiger partial charge < -0.3 is 81.0 Å². The highest BCUT2D eigenvalue weighted by atomic mass is 35.5. The van der Waals surface area contributed by atoms with Crippen LogP contribution in [0.15, 0.2) is 214 Å². The minimum atomic E-state index is -0.495. The normalized spacial score (nSPS) is 10.3. The molecule has 40 nitrogen and oxygen atoms in total. The molecule has 12 amide bonds. The number of unbranched alkanes of at least 4 members (excludes halogenated alkanes) is 3. The molecule has 756 valence electrons. The van der Waals surface area contributed by atoms with E-state index < -0.39 is 36.2 Å². The van der Waals surface area contributed by atoms with Crippen LogP contribution in [0.25, 0.3) is 11.0 Å². The van der Waals surface area contributed by atoms with Gasteiger partial charge in [-0.05, 0) is 214 Å². The molecule has 13 rings (SSSR count). The summed E-state index contributed by atoms with van der Waals surface area (Å²) >= 11 is 36.0. The number of hydrogen-bond donors (Lipinski definition) is 15. The lowest BCUT2D eigenvalue weighted by molar-refractivity contribution is 0.261. The van der Waals surface area contributed by atoms with Crippen molar-refractivity contribution in [1.82, 2.24) is 75.8 Å². The summed E-state index contributed by atoms with van der Waals surface area (Å²) < 4.78 is 39.0. The number of carbonyl (C=O) groups excluding carboxylic acids is 6. The SMILES string of the molecule is CCCCCOc1ccc(Cl)cc1NC(=O)Nc1cnc(C)cn1.CCCCOc1ccc(Cl)cc1NC(=O)Nc1cnc2ccccc2n1.CCCOc1ccc(Cl)cc1NC(=O)Nc1cnccn1.CNCCCOc1ccc(Cl)cc1NC(=O)Nc1cnc(C)cn1.CNCCCOc1ccc(Cl)cc1NC(=O)Nc1cncc(OC)n1.CNCCCOc1ccc(Cl)cc1NC(=O)Nc1cnccn1. The molecule has 0 fully saturated rings. The third kappa shape index (κ3) is 44.2. The zero-order valence-corrected chi connectivity index (χ0v) is 84.4. The number of benzene rings is 7. The number of methoxy groups -OCH3 is 1. The number of urea groups is 6. The first kappa shape index (κ1) is 113. The number of aryl methyl sites for hydroxylation is 2. The van der Waals surface area contributed by atoms with Crippen molar-refractivity contribution in [3.63, 3.8) is 0 Å². The number of nitrogens with zero attached hydrogens (tertiary/aromatic N) is 12. The van der Waals surface area contributed by atoms with Crippen LogP contribution in [0.5, 0.6) is 40.4 Å². The van der Waals surface area contributed by atoms with E-state index in [9.17, 15) is 28.8 Å². The molecule has 7 aromatic carbocycles. The highest BCUT2D eigenvalue weighted by Crippen LogP contribution is 2.35. The summed E-state index contributed by atoms with van der Waals surface area (Å²) in [4.78, 5) is 121. The first-order valence-corrected chi connectivity index (χ1v) is 47.2. The van der Waals surface area contributed by atoms with E-state index in [4.69, 9.17) is 103 Å². The summed E-state index contributed by atoms with van der Waals surface area (Å²) in [6, 6.07) is 35.2. The topological polar surface area (TPSA) is 502 Å². The van der Waals surface area contributed by atoms with Crippen LogP contribution in [0, 0.1) is 13.8 Å². The number of hydrogen-bond acceptors (Lipinski definition) is 28. The third-order valence-corrected chi connectivity index (χ3v) is 19.7. The summed E-state index contributed by atoms with van der Waals surface area (Å²) in [6.45, 7) is 15.7. The Kier molecular flexibility index (Phi) is 51.1. The molecule has 0 saturated heterocycles. The Hall–Kier alpha value is -14.9. The molecule has 0 bridgehead atoms. The molecule has 0 unspecified atom stereocenters. The molecule has 6 aromatic heterocycles. The van der Waals surface area contributed by atoms with Crippen molar-refractivity contribution in [3.05, 3.63) is 256 Å². The van der Waals surface area contributed by atoms with Crippen LogP contribution in [0.4, 0.5) is 97.8 Å². The molecule has 46 heteroatoms. The third-order valence-electron chi connectivity index (χ3n) is 18.3. The van der Waals surface area contributed by atoms with Crippen LogP contribution < -0.4 is 113 Å². The Bertz CT molecular complexity index is 6000. The van der Waals surface area contributed by atoms with Crippen LogP contribution >= 0.6 is 69.6 Å². The van der Waals surface area contributed by atoms with Crippen LogP contribution in [0.2, 0.25) is 30.1 Å². The van der Waals surface area contributed by atoms with Crippen molar-refractivity contribution in [3.8, 4) is 40.4 Å². The fraction of sp³-hybridized carbons (Fsp3) is 0.278. The number of amides is 12. The second-order valence-corrected chi connectivity index (χ2v) is 32.4. The van der Waals surface area contributed by atoms with Crippen LogP contribution in [0.1, 0.15) is 89.9 Å². The van der Waals surface area contributed by atoms with Crippen molar-refractivity contribution in [2.45, 2.75) is 92.4 Å². The maximum Gasteiger partial charge on any atom is 0.325 e. The summed E-state index contributed by atoms with van der Waals surface area (Å²) in [5, 5.41) is 44.0. The lowest BCUT2D eigenvalue weighted by Gasteiger charge is -2.13. The lowest BCUT2D eigenvalue weighted by Crippen LogP contribution is -2.21. The Labute approximate surface area is 857 Å². The summed E-state index contributed by atoms with van der Waals surface area (Å²) in [5.74, 6) is 5.71. The molecule has 0 aliphatic carbocycles. The first-order chi connectivity index (χ1) is 69.3. The predicted molar refractivity (Wildman–Crippen MR) is 564 cm³/mol. The molecule has 15 N–H and O–H groups in total. The van der Waals surface area contributed by atoms with Gasteiger partial charge in [-0.25, -0.2) is 53.7 Å². The van der Waals surface area contributed by atoms with Crippen molar-refractivity contribution >= 4 is 186 Å². The van der Waals surface area contributed by atoms with E-state index in [0.717, 1.165) is 94.3 Å². The molecular formula is C97H113Cl6N27O13. The fourth-order valence-corrected chi connectivity index (χ4v) is 12.5. The quantitative estimate of drug-likeness (QED) is 0.0159. The molecule has 0 spiro atoms. The van der Waals surface area contributed by atoms with Gasteiger partial charge in [0.05, 0.1) is 159 Å². The number of anilines is 12. The Morgan fingerprint density at radius 1 is 0.280 bits per heavy atom. The molecule has 0 atom stereocenters. The largest absolute Gasteiger partial charge is 0.491 e. The van der Waals surface area contributed by atoms with Gasteiger partial charge in [-0.15, -0.1) is 0 Å². The van der Waals surface area contributed by atoms with Gasteiger partial charge in [-0.2, -0.15) is 4.98 Å². The van der Waals surface area contributed by atoms with E-state index in [-0.39, 0.29) is 5.82 Å². The average Bonchev–Trinajstić information content (AvgIpc) is 0.841. The molecule has 0 radical (unpaired) electrons. The maximum absolute atomic E-state index is 12.3. The summed E-state index contributed by atoms with van der Waals surface area (Å²) in [5.41, 5.74) is 5.97. The van der Waals surface area contributed by atoms with Crippen molar-refractivity contribution in [2.75, 3.05) is 151 Å². The van der Waals surface area contributed by atoms with Crippen LogP contribution in [-0.4, -0.2) is 184 Å². The van der Waals surface area contributed by atoms with Gasteiger partial charge >= 0.3 is 36.2 Å². The Morgan fingerprint density at radius 3 is 0.888 bits per heavy atom. The number of fused-ring (bicyclic) bond motifs is 1. The minimum Gasteiger partial charge on any atom is -0.491 e. The minimum absolute atomic E-state index is 0.260. The fourth-order valence-electron chi connectivity index (χ4n) is 11.5. The second-order valence-electron chi connectivity index (χ2n) is 29.8. The van der Waals surface area contributed by atoms with Gasteiger partial charge in [0.2, 0.25) is 5.88 Å². The van der Waals surface area contributed by atoms with Gasteiger partial charge in [0.1, 0.15) is 34.5 Å². The molecule has 0 saturated carbocycles. The zero-order chi connectivity index (χ0) is 103. The molecule has 0 aliphatic rings. The molecule has 0 aliphatic heterocycles. The molecule has 13 aromatic rings. The second kappa shape index (κ2) is 64.5. The van der Waals surface area contributed by atoms with E-state index in [1.54, 1.807) is 122 Å². The molecule has 143 heavy (non-hydrogen) atoms. The van der Waals surface area contributed by atoms with Gasteiger partial charge in [-0.1, -0.05) is 122 Å².